The molecule has 0 saturated heterocycles. The number of anilines is 1. The summed E-state index contributed by atoms with van der Waals surface area (Å²) in [4.78, 5) is 10.7. The number of hydrogen-bond acceptors (Lipinski definition) is 6. The Morgan fingerprint density at radius 1 is 1.27 bits per heavy atom. The van der Waals surface area contributed by atoms with Crippen molar-refractivity contribution in [3.8, 4) is 11.5 Å². The zero-order valence-electron chi connectivity index (χ0n) is 14.1. The average Bonchev–Trinajstić information content (AvgIpc) is 3.05. The van der Waals surface area contributed by atoms with Crippen LogP contribution in [0.25, 0.3) is 0 Å². The third-order valence-corrected chi connectivity index (χ3v) is 4.00. The van der Waals surface area contributed by atoms with E-state index in [0.717, 1.165) is 16.8 Å². The third kappa shape index (κ3) is 3.72. The quantitative estimate of drug-likeness (QED) is 0.368. The number of benzene rings is 2. The van der Waals surface area contributed by atoms with Crippen LogP contribution in [0.3, 0.4) is 0 Å². The van der Waals surface area contributed by atoms with Gasteiger partial charge in [0.1, 0.15) is 0 Å². The largest absolute Gasteiger partial charge is 0.454 e. The summed E-state index contributed by atoms with van der Waals surface area (Å²) in [5, 5.41) is 18.6. The smallest absolute Gasteiger partial charge is 0.282 e. The van der Waals surface area contributed by atoms with Crippen LogP contribution in [0.1, 0.15) is 16.7 Å². The number of para-hydroxylation sites is 1. The molecule has 0 radical (unpaired) electrons. The van der Waals surface area contributed by atoms with Crippen molar-refractivity contribution in [3.05, 3.63) is 57.1 Å². The first-order valence-corrected chi connectivity index (χ1v) is 8.11. The molecule has 134 valence electrons. The molecular formula is C17H16N4O4S. The Bertz CT molecular complexity index is 894. The lowest BCUT2D eigenvalue weighted by Gasteiger charge is -2.12. The second-order valence-electron chi connectivity index (χ2n) is 5.61. The van der Waals surface area contributed by atoms with Crippen LogP contribution in [0.5, 0.6) is 11.5 Å². The fraction of sp³-hybridized carbons (Fsp3) is 0.176. The van der Waals surface area contributed by atoms with Crippen LogP contribution in [-0.4, -0.2) is 23.0 Å². The number of aryl methyl sites for hydroxylation is 2. The summed E-state index contributed by atoms with van der Waals surface area (Å²) in [5.41, 5.74) is 5.80. The van der Waals surface area contributed by atoms with Gasteiger partial charge in [0.25, 0.3) is 5.69 Å². The first-order chi connectivity index (χ1) is 12.5. The van der Waals surface area contributed by atoms with E-state index in [9.17, 15) is 10.1 Å². The fourth-order valence-electron chi connectivity index (χ4n) is 2.52. The highest BCUT2D eigenvalue weighted by Gasteiger charge is 2.22. The monoisotopic (exact) mass is 372 g/mol. The van der Waals surface area contributed by atoms with Crippen molar-refractivity contribution < 1.29 is 14.4 Å². The molecule has 1 aliphatic heterocycles. The van der Waals surface area contributed by atoms with Crippen molar-refractivity contribution >= 4 is 34.9 Å². The summed E-state index contributed by atoms with van der Waals surface area (Å²) in [5.74, 6) is 0.780. The molecule has 1 aliphatic rings. The molecule has 0 aromatic heterocycles. The normalized spacial score (nSPS) is 12.2. The van der Waals surface area contributed by atoms with Crippen LogP contribution in [0, 0.1) is 24.0 Å². The highest BCUT2D eigenvalue weighted by molar-refractivity contribution is 7.80. The van der Waals surface area contributed by atoms with Gasteiger partial charge in [0.15, 0.2) is 16.6 Å². The predicted octanol–water partition coefficient (Wildman–Crippen LogP) is 3.26. The Balaban J connectivity index is 1.72. The van der Waals surface area contributed by atoms with Crippen LogP contribution in [0.15, 0.2) is 35.4 Å². The van der Waals surface area contributed by atoms with E-state index in [4.69, 9.17) is 21.7 Å². The van der Waals surface area contributed by atoms with Crippen molar-refractivity contribution in [2.75, 3.05) is 12.1 Å². The fourth-order valence-corrected chi connectivity index (χ4v) is 2.68. The van der Waals surface area contributed by atoms with Gasteiger partial charge >= 0.3 is 0 Å². The maximum Gasteiger partial charge on any atom is 0.282 e. The van der Waals surface area contributed by atoms with Gasteiger partial charge in [-0.25, -0.2) is 0 Å². The molecule has 3 rings (SSSR count). The van der Waals surface area contributed by atoms with Crippen LogP contribution >= 0.6 is 12.2 Å². The molecule has 8 nitrogen and oxygen atoms in total. The number of nitro benzene ring substituents is 1. The molecular weight excluding hydrogens is 356 g/mol. The van der Waals surface area contributed by atoms with Crippen LogP contribution in [0.2, 0.25) is 0 Å². The van der Waals surface area contributed by atoms with Crippen molar-refractivity contribution in [3.63, 3.8) is 0 Å². The summed E-state index contributed by atoms with van der Waals surface area (Å²) in [6, 6.07) is 8.72. The minimum atomic E-state index is -0.503. The Morgan fingerprint density at radius 3 is 2.58 bits per heavy atom. The van der Waals surface area contributed by atoms with Crippen molar-refractivity contribution in [1.29, 1.82) is 0 Å². The zero-order valence-corrected chi connectivity index (χ0v) is 14.9. The van der Waals surface area contributed by atoms with Gasteiger partial charge in [-0.2, -0.15) is 5.10 Å². The first kappa shape index (κ1) is 17.6. The standard InChI is InChI=1S/C17H16N4O4S/c1-10-4-3-5-11(2)16(10)19-17(26)20-18-8-12-6-14-15(25-9-24-14)7-13(12)21(22)23/h3-8H,9H2,1-2H3,(H2,19,20,26)/b18-8-. The van der Waals surface area contributed by atoms with E-state index < -0.39 is 4.92 Å². The molecule has 1 heterocycles. The van der Waals surface area contributed by atoms with E-state index in [1.165, 1.54) is 18.3 Å². The summed E-state index contributed by atoms with van der Waals surface area (Å²) in [6.07, 6.45) is 1.32. The summed E-state index contributed by atoms with van der Waals surface area (Å²) in [7, 11) is 0. The number of hydrazone groups is 1. The molecule has 0 bridgehead atoms. The number of hydrogen-bond donors (Lipinski definition) is 2. The van der Waals surface area contributed by atoms with E-state index >= 15 is 0 Å². The van der Waals surface area contributed by atoms with E-state index in [-0.39, 0.29) is 23.2 Å². The van der Waals surface area contributed by atoms with Crippen LogP contribution in [0.4, 0.5) is 11.4 Å². The highest BCUT2D eigenvalue weighted by atomic mass is 32.1. The lowest BCUT2D eigenvalue weighted by Crippen LogP contribution is -2.24. The number of ether oxygens (including phenoxy) is 2. The van der Waals surface area contributed by atoms with Crippen LogP contribution in [-0.2, 0) is 0 Å². The van der Waals surface area contributed by atoms with Gasteiger partial charge in [0.05, 0.1) is 22.8 Å². The third-order valence-electron chi connectivity index (χ3n) is 3.81. The van der Waals surface area contributed by atoms with Gasteiger partial charge in [-0.1, -0.05) is 18.2 Å². The highest BCUT2D eigenvalue weighted by Crippen LogP contribution is 2.37. The molecule has 0 amide bonds. The predicted molar refractivity (Wildman–Crippen MR) is 102 cm³/mol. The number of nitrogens with one attached hydrogen (secondary N) is 2. The second kappa shape index (κ2) is 7.36. The Labute approximate surface area is 155 Å². The lowest BCUT2D eigenvalue weighted by atomic mass is 10.1. The van der Waals surface area contributed by atoms with Gasteiger partial charge in [-0.05, 0) is 43.3 Å². The van der Waals surface area contributed by atoms with Gasteiger partial charge in [-0.15, -0.1) is 0 Å². The SMILES string of the molecule is Cc1cccc(C)c1NC(=S)N/N=C\c1cc2c(cc1[N+](=O)[O-])OCO2. The Kier molecular flexibility index (Phi) is 4.99. The number of nitro groups is 1. The van der Waals surface area contributed by atoms with Gasteiger partial charge < -0.3 is 14.8 Å². The minimum absolute atomic E-state index is 0.0368. The maximum atomic E-state index is 11.2. The molecule has 2 aromatic carbocycles. The second-order valence-corrected chi connectivity index (χ2v) is 6.02. The minimum Gasteiger partial charge on any atom is -0.454 e. The Morgan fingerprint density at radius 2 is 1.92 bits per heavy atom. The molecule has 0 atom stereocenters. The summed E-state index contributed by atoms with van der Waals surface area (Å²) < 4.78 is 10.4. The van der Waals surface area contributed by atoms with Crippen molar-refractivity contribution in [2.24, 2.45) is 5.10 Å². The molecule has 0 saturated carbocycles. The zero-order chi connectivity index (χ0) is 18.7. The molecule has 2 N–H and O–H groups in total. The summed E-state index contributed by atoms with van der Waals surface area (Å²) >= 11 is 5.22. The molecule has 26 heavy (non-hydrogen) atoms. The van der Waals surface area contributed by atoms with E-state index in [1.54, 1.807) is 0 Å². The molecule has 0 unspecified atom stereocenters. The van der Waals surface area contributed by atoms with Crippen molar-refractivity contribution in [1.82, 2.24) is 5.43 Å². The average molecular weight is 372 g/mol. The first-order valence-electron chi connectivity index (χ1n) is 7.70. The molecule has 2 aromatic rings. The number of rotatable bonds is 4. The summed E-state index contributed by atoms with van der Waals surface area (Å²) in [6.45, 7) is 3.98. The molecule has 0 aliphatic carbocycles. The molecule has 9 heteroatoms. The van der Waals surface area contributed by atoms with Gasteiger partial charge in [0, 0.05) is 5.69 Å². The topological polar surface area (TPSA) is 98.0 Å². The van der Waals surface area contributed by atoms with Crippen molar-refractivity contribution in [2.45, 2.75) is 13.8 Å². The van der Waals surface area contributed by atoms with E-state index in [1.807, 2.05) is 32.0 Å². The van der Waals surface area contributed by atoms with E-state index in [0.29, 0.717) is 11.5 Å². The number of nitrogens with zero attached hydrogens (tertiary/aromatic N) is 2. The number of fused-ring (bicyclic) bond motifs is 1. The molecule has 0 spiro atoms. The lowest BCUT2D eigenvalue weighted by molar-refractivity contribution is -0.385. The van der Waals surface area contributed by atoms with Crippen LogP contribution < -0.4 is 20.2 Å². The maximum absolute atomic E-state index is 11.2. The van der Waals surface area contributed by atoms with E-state index in [2.05, 4.69) is 15.8 Å². The number of thiocarbonyl (C=S) groups is 1. The van der Waals surface area contributed by atoms with Gasteiger partial charge in [-0.3, -0.25) is 15.5 Å². The Hall–Kier alpha value is -3.20. The van der Waals surface area contributed by atoms with Gasteiger partial charge in [0.2, 0.25) is 6.79 Å². The molecule has 0 fully saturated rings.